The number of aryl methyl sites for hydroxylation is 2. The van der Waals surface area contributed by atoms with Gasteiger partial charge in [-0.3, -0.25) is 19.0 Å². The summed E-state index contributed by atoms with van der Waals surface area (Å²) in [5.74, 6) is 0.705. The van der Waals surface area contributed by atoms with Crippen LogP contribution in [0.15, 0.2) is 35.1 Å². The number of benzene rings is 1. The Morgan fingerprint density at radius 1 is 1.13 bits per heavy atom. The van der Waals surface area contributed by atoms with E-state index in [1.807, 2.05) is 30.0 Å². The highest BCUT2D eigenvalue weighted by Gasteiger charge is 2.29. The van der Waals surface area contributed by atoms with Gasteiger partial charge in [0, 0.05) is 37.7 Å². The number of amides is 2. The monoisotopic (exact) mass is 436 g/mol. The summed E-state index contributed by atoms with van der Waals surface area (Å²) in [7, 11) is 0. The molecule has 1 aromatic carbocycles. The number of carbonyl (C=O) groups excluding carboxylic acids is 2. The standard InChI is InChI=1S/C23H24N4O3S/c1-14-18-21(25-17-8-5-11-27(17)22(18)29)31-19(14)23(30)26-12-9-16(10-13-26)24-20(28)15-6-3-2-4-7-15/h2-4,6-7,16H,5,8-13H2,1H3,(H,24,28). The zero-order valence-electron chi connectivity index (χ0n) is 17.4. The van der Waals surface area contributed by atoms with E-state index < -0.39 is 0 Å². The van der Waals surface area contributed by atoms with E-state index in [0.29, 0.717) is 53.1 Å². The molecule has 0 radical (unpaired) electrons. The molecule has 160 valence electrons. The van der Waals surface area contributed by atoms with E-state index in [2.05, 4.69) is 10.3 Å². The Hall–Kier alpha value is -3.00. The van der Waals surface area contributed by atoms with Crippen LogP contribution < -0.4 is 10.9 Å². The fourth-order valence-corrected chi connectivity index (χ4v) is 5.67. The molecular weight excluding hydrogens is 412 g/mol. The molecule has 1 N–H and O–H groups in total. The van der Waals surface area contributed by atoms with Crippen LogP contribution in [0.2, 0.25) is 0 Å². The molecule has 2 aromatic heterocycles. The molecular formula is C23H24N4O3S. The van der Waals surface area contributed by atoms with E-state index >= 15 is 0 Å². The van der Waals surface area contributed by atoms with Crippen molar-refractivity contribution < 1.29 is 9.59 Å². The normalized spacial score (nSPS) is 16.5. The first-order chi connectivity index (χ1) is 15.0. The highest BCUT2D eigenvalue weighted by Crippen LogP contribution is 2.30. The molecule has 0 bridgehead atoms. The molecule has 1 fully saturated rings. The second-order valence-corrected chi connectivity index (χ2v) is 9.23. The zero-order valence-corrected chi connectivity index (χ0v) is 18.2. The van der Waals surface area contributed by atoms with Crippen molar-refractivity contribution >= 4 is 33.4 Å². The maximum absolute atomic E-state index is 13.2. The second-order valence-electron chi connectivity index (χ2n) is 8.23. The van der Waals surface area contributed by atoms with Gasteiger partial charge < -0.3 is 10.2 Å². The van der Waals surface area contributed by atoms with Crippen LogP contribution in [0.25, 0.3) is 10.2 Å². The number of carbonyl (C=O) groups is 2. The van der Waals surface area contributed by atoms with Gasteiger partial charge in [-0.05, 0) is 43.9 Å². The Labute approximate surface area is 183 Å². The van der Waals surface area contributed by atoms with E-state index in [1.54, 1.807) is 16.7 Å². The van der Waals surface area contributed by atoms with Crippen LogP contribution in [0, 0.1) is 6.92 Å². The minimum Gasteiger partial charge on any atom is -0.349 e. The van der Waals surface area contributed by atoms with Gasteiger partial charge in [-0.1, -0.05) is 18.2 Å². The number of hydrogen-bond acceptors (Lipinski definition) is 5. The minimum atomic E-state index is -0.0784. The van der Waals surface area contributed by atoms with E-state index in [1.165, 1.54) is 11.3 Å². The predicted octanol–water partition coefficient (Wildman–Crippen LogP) is 2.75. The van der Waals surface area contributed by atoms with Crippen molar-refractivity contribution in [1.82, 2.24) is 19.8 Å². The van der Waals surface area contributed by atoms with Crippen molar-refractivity contribution in [2.24, 2.45) is 0 Å². The Kier molecular flexibility index (Phi) is 5.09. The lowest BCUT2D eigenvalue weighted by Crippen LogP contribution is -2.46. The van der Waals surface area contributed by atoms with E-state index in [4.69, 9.17) is 0 Å². The third-order valence-corrected chi connectivity index (χ3v) is 7.43. The molecule has 0 spiro atoms. The average molecular weight is 437 g/mol. The van der Waals surface area contributed by atoms with Gasteiger partial charge in [0.05, 0.1) is 10.3 Å². The largest absolute Gasteiger partial charge is 0.349 e. The highest BCUT2D eigenvalue weighted by atomic mass is 32.1. The minimum absolute atomic E-state index is 0.0207. The number of thiophene rings is 1. The Bertz CT molecular complexity index is 1220. The maximum Gasteiger partial charge on any atom is 0.264 e. The van der Waals surface area contributed by atoms with Crippen LogP contribution >= 0.6 is 11.3 Å². The molecule has 2 aliphatic heterocycles. The molecule has 4 heterocycles. The van der Waals surface area contributed by atoms with Crippen molar-refractivity contribution in [3.63, 3.8) is 0 Å². The fourth-order valence-electron chi connectivity index (χ4n) is 4.51. The predicted molar refractivity (Wildman–Crippen MR) is 120 cm³/mol. The summed E-state index contributed by atoms with van der Waals surface area (Å²) in [5.41, 5.74) is 1.37. The fraction of sp³-hybridized carbons (Fsp3) is 0.391. The molecule has 3 aromatic rings. The number of piperidine rings is 1. The topological polar surface area (TPSA) is 84.3 Å². The molecule has 2 aliphatic rings. The van der Waals surface area contributed by atoms with Gasteiger partial charge in [0.2, 0.25) is 0 Å². The second kappa shape index (κ2) is 7.92. The number of likely N-dealkylation sites (tertiary alicyclic amines) is 1. The highest BCUT2D eigenvalue weighted by molar-refractivity contribution is 7.20. The number of aromatic nitrogens is 2. The van der Waals surface area contributed by atoms with Crippen molar-refractivity contribution in [3.8, 4) is 0 Å². The Morgan fingerprint density at radius 2 is 1.87 bits per heavy atom. The third-order valence-electron chi connectivity index (χ3n) is 6.26. The van der Waals surface area contributed by atoms with Gasteiger partial charge in [-0.2, -0.15) is 0 Å². The molecule has 0 atom stereocenters. The molecule has 0 unspecified atom stereocenters. The van der Waals surface area contributed by atoms with Crippen LogP contribution in [0.1, 0.15) is 50.7 Å². The van der Waals surface area contributed by atoms with Gasteiger partial charge in [-0.25, -0.2) is 4.98 Å². The number of rotatable bonds is 3. The summed E-state index contributed by atoms with van der Waals surface area (Å²) in [4.78, 5) is 46.2. The van der Waals surface area contributed by atoms with Crippen LogP contribution in [-0.2, 0) is 13.0 Å². The Balaban J connectivity index is 1.29. The lowest BCUT2D eigenvalue weighted by molar-refractivity contribution is 0.0702. The molecule has 1 saturated heterocycles. The van der Waals surface area contributed by atoms with Crippen LogP contribution in [0.4, 0.5) is 0 Å². The lowest BCUT2D eigenvalue weighted by Gasteiger charge is -2.32. The van der Waals surface area contributed by atoms with Crippen molar-refractivity contribution in [3.05, 3.63) is 62.5 Å². The third kappa shape index (κ3) is 3.54. The summed E-state index contributed by atoms with van der Waals surface area (Å²) >= 11 is 1.33. The zero-order chi connectivity index (χ0) is 21.5. The quantitative estimate of drug-likeness (QED) is 0.684. The maximum atomic E-state index is 13.2. The summed E-state index contributed by atoms with van der Waals surface area (Å²) in [6, 6.07) is 9.22. The summed E-state index contributed by atoms with van der Waals surface area (Å²) in [5, 5.41) is 3.66. The molecule has 31 heavy (non-hydrogen) atoms. The molecule has 8 heteroatoms. The number of fused-ring (bicyclic) bond motifs is 2. The van der Waals surface area contributed by atoms with Crippen molar-refractivity contribution in [1.29, 1.82) is 0 Å². The number of nitrogens with zero attached hydrogens (tertiary/aromatic N) is 3. The van der Waals surface area contributed by atoms with E-state index in [9.17, 15) is 14.4 Å². The van der Waals surface area contributed by atoms with Gasteiger partial charge >= 0.3 is 0 Å². The van der Waals surface area contributed by atoms with Gasteiger partial charge in [0.15, 0.2) is 0 Å². The van der Waals surface area contributed by atoms with Crippen molar-refractivity contribution in [2.75, 3.05) is 13.1 Å². The van der Waals surface area contributed by atoms with Crippen LogP contribution in [0.3, 0.4) is 0 Å². The first kappa shape index (κ1) is 19.9. The summed E-state index contributed by atoms with van der Waals surface area (Å²) in [6.45, 7) is 3.71. The first-order valence-corrected chi connectivity index (χ1v) is 11.5. The molecule has 7 nitrogen and oxygen atoms in total. The number of nitrogens with one attached hydrogen (secondary N) is 1. The van der Waals surface area contributed by atoms with Gasteiger partial charge in [0.25, 0.3) is 17.4 Å². The SMILES string of the molecule is Cc1c(C(=O)N2CCC(NC(=O)c3ccccc3)CC2)sc2nc3n(c(=O)c12)CCC3. The smallest absolute Gasteiger partial charge is 0.264 e. The van der Waals surface area contributed by atoms with Crippen LogP contribution in [-0.4, -0.2) is 45.4 Å². The van der Waals surface area contributed by atoms with Crippen molar-refractivity contribution in [2.45, 2.75) is 45.2 Å². The lowest BCUT2D eigenvalue weighted by atomic mass is 10.0. The summed E-state index contributed by atoms with van der Waals surface area (Å²) in [6.07, 6.45) is 3.18. The van der Waals surface area contributed by atoms with E-state index in [-0.39, 0.29) is 23.4 Å². The molecule has 0 saturated carbocycles. The average Bonchev–Trinajstić information content (AvgIpc) is 3.39. The van der Waals surface area contributed by atoms with Gasteiger partial charge in [0.1, 0.15) is 10.7 Å². The summed E-state index contributed by atoms with van der Waals surface area (Å²) < 4.78 is 1.75. The molecule has 5 rings (SSSR count). The van der Waals surface area contributed by atoms with Crippen LogP contribution in [0.5, 0.6) is 0 Å². The van der Waals surface area contributed by atoms with E-state index in [0.717, 1.165) is 24.2 Å². The molecule has 0 aliphatic carbocycles. The Morgan fingerprint density at radius 3 is 2.61 bits per heavy atom. The molecule has 2 amide bonds. The van der Waals surface area contributed by atoms with Gasteiger partial charge in [-0.15, -0.1) is 11.3 Å². The number of hydrogen-bond donors (Lipinski definition) is 1. The first-order valence-electron chi connectivity index (χ1n) is 10.7.